The second kappa shape index (κ2) is 28.9. The molecule has 0 radical (unpaired) electrons. The van der Waals surface area contributed by atoms with Crippen LogP contribution in [0.25, 0.3) is 0 Å². The van der Waals surface area contributed by atoms with E-state index in [1.165, 1.54) is 42.4 Å². The lowest BCUT2D eigenvalue weighted by Crippen LogP contribution is -2.61. The average Bonchev–Trinajstić information content (AvgIpc) is 4.00. The maximum Gasteiger partial charge on any atom is 0.472 e. The first kappa shape index (κ1) is 56.1. The summed E-state index contributed by atoms with van der Waals surface area (Å²) in [6, 6.07) is 13.2. The van der Waals surface area contributed by atoms with Gasteiger partial charge in [-0.05, 0) is 68.9 Å². The first-order valence-corrected chi connectivity index (χ1v) is 25.2. The molecule has 1 aromatic heterocycles. The molecule has 0 bridgehead atoms. The summed E-state index contributed by atoms with van der Waals surface area (Å²) in [4.78, 5) is 99.1. The fourth-order valence-corrected chi connectivity index (χ4v) is 8.92. The quantitative estimate of drug-likeness (QED) is 0.0341. The highest BCUT2D eigenvalue weighted by molar-refractivity contribution is 7.47. The number of benzene rings is 2. The van der Waals surface area contributed by atoms with Gasteiger partial charge in [0.15, 0.2) is 0 Å². The molecule has 69 heavy (non-hydrogen) atoms. The van der Waals surface area contributed by atoms with E-state index in [0.29, 0.717) is 18.7 Å². The molecule has 20 nitrogen and oxygen atoms in total. The smallest absolute Gasteiger partial charge is 0.394 e. The van der Waals surface area contributed by atoms with Gasteiger partial charge in [-0.3, -0.25) is 37.8 Å². The van der Waals surface area contributed by atoms with Gasteiger partial charge < -0.3 is 51.6 Å². The molecule has 0 spiro atoms. The standard InChI is InChI=1S/C48H71N8O12P/c1-32(2)25-39(53-48(63)42-27-38(29-56(42)34(4)58)66-23-16-14-22-36-20-12-8-13-21-36)45(60)52-40(26-37-28-50-31-51-37)46(61)54-41(30-57)47(62)55-43(44(49)59)33(3)68-69(64,65)67-24-15-6-5-9-17-35-18-10-7-11-19-35/h7-8,10-13,18-21,28,31-33,38-43,57H,5-6,9,14-17,22-27,29-30H2,1-4H3,(H2,49,59)(H,50,51)(H,52,60)(H,53,63)(H,54,61)(H,55,62)(H,64,65). The number of aliphatic hydroxyl groups excluding tert-OH is 1. The zero-order valence-corrected chi connectivity index (χ0v) is 40.9. The highest BCUT2D eigenvalue weighted by Crippen LogP contribution is 2.45. The number of nitrogens with zero attached hydrogens (tertiary/aromatic N) is 2. The Morgan fingerprint density at radius 3 is 1.97 bits per heavy atom. The van der Waals surface area contributed by atoms with E-state index in [-0.39, 0.29) is 44.2 Å². The largest absolute Gasteiger partial charge is 0.472 e. The molecule has 8 unspecified atom stereocenters. The van der Waals surface area contributed by atoms with Crippen LogP contribution in [-0.2, 0) is 66.4 Å². The number of carbonyl (C=O) groups is 6. The third-order valence-electron chi connectivity index (χ3n) is 11.6. The molecule has 2 aromatic carbocycles. The van der Waals surface area contributed by atoms with Crippen LogP contribution in [-0.4, -0.2) is 129 Å². The number of hydrogen-bond acceptors (Lipinski definition) is 12. The maximum atomic E-state index is 14.0. The lowest BCUT2D eigenvalue weighted by atomic mass is 10.0. The molecule has 0 saturated carbocycles. The number of phosphoric ester groups is 1. The number of phosphoric acid groups is 1. The number of carbonyl (C=O) groups excluding carboxylic acids is 6. The topological polar surface area (TPSA) is 294 Å². The van der Waals surface area contributed by atoms with Gasteiger partial charge in [-0.2, -0.15) is 0 Å². The molecule has 6 amide bonds. The van der Waals surface area contributed by atoms with Crippen molar-refractivity contribution in [1.82, 2.24) is 36.1 Å². The minimum Gasteiger partial charge on any atom is -0.394 e. The van der Waals surface area contributed by atoms with Crippen molar-refractivity contribution in [3.63, 3.8) is 0 Å². The zero-order chi connectivity index (χ0) is 50.3. The maximum absolute atomic E-state index is 14.0. The summed E-state index contributed by atoms with van der Waals surface area (Å²) < 4.78 is 29.1. The Morgan fingerprint density at radius 1 is 0.812 bits per heavy atom. The Kier molecular flexibility index (Phi) is 23.5. The summed E-state index contributed by atoms with van der Waals surface area (Å²) in [6.07, 6.45) is 7.60. The number of unbranched alkanes of at least 4 members (excludes halogenated alkanes) is 4. The minimum atomic E-state index is -4.73. The van der Waals surface area contributed by atoms with Gasteiger partial charge in [0, 0.05) is 44.8 Å². The van der Waals surface area contributed by atoms with Gasteiger partial charge in [0.2, 0.25) is 35.4 Å². The van der Waals surface area contributed by atoms with E-state index in [4.69, 9.17) is 19.5 Å². The van der Waals surface area contributed by atoms with E-state index in [2.05, 4.69) is 43.4 Å². The third kappa shape index (κ3) is 19.8. The van der Waals surface area contributed by atoms with Gasteiger partial charge in [-0.1, -0.05) is 87.4 Å². The number of imidazole rings is 1. The molecule has 0 aliphatic carbocycles. The van der Waals surface area contributed by atoms with E-state index in [1.54, 1.807) is 0 Å². The monoisotopic (exact) mass is 982 g/mol. The van der Waals surface area contributed by atoms with Crippen molar-refractivity contribution in [2.45, 2.75) is 141 Å². The first-order chi connectivity index (χ1) is 33.0. The van der Waals surface area contributed by atoms with Gasteiger partial charge in [-0.25, -0.2) is 9.55 Å². The molecular weight excluding hydrogens is 912 g/mol. The summed E-state index contributed by atoms with van der Waals surface area (Å²) in [5.41, 5.74) is 8.41. The van der Waals surface area contributed by atoms with Gasteiger partial charge >= 0.3 is 7.82 Å². The molecule has 1 saturated heterocycles. The van der Waals surface area contributed by atoms with Crippen molar-refractivity contribution in [3.8, 4) is 0 Å². The fourth-order valence-electron chi connectivity index (χ4n) is 7.96. The van der Waals surface area contributed by atoms with Crippen LogP contribution in [0.15, 0.2) is 73.2 Å². The normalized spacial score (nSPS) is 17.8. The Balaban J connectivity index is 1.33. The molecule has 21 heteroatoms. The number of hydrogen-bond donors (Lipinski definition) is 8. The molecule has 4 rings (SSSR count). The third-order valence-corrected chi connectivity index (χ3v) is 12.7. The number of nitrogens with two attached hydrogens (primary N) is 1. The van der Waals surface area contributed by atoms with Gasteiger partial charge in [-0.15, -0.1) is 0 Å². The summed E-state index contributed by atoms with van der Waals surface area (Å²) in [7, 11) is -4.73. The van der Waals surface area contributed by atoms with Crippen LogP contribution < -0.4 is 27.0 Å². The molecule has 1 aliphatic rings. The number of rotatable bonds is 31. The summed E-state index contributed by atoms with van der Waals surface area (Å²) in [5.74, 6) is -4.93. The molecule has 380 valence electrons. The number of nitrogens with one attached hydrogen (secondary N) is 5. The summed E-state index contributed by atoms with van der Waals surface area (Å²) in [5, 5.41) is 20.3. The summed E-state index contributed by atoms with van der Waals surface area (Å²) >= 11 is 0. The van der Waals surface area contributed by atoms with Gasteiger partial charge in [0.1, 0.15) is 30.2 Å². The molecular formula is C48H71N8O12P. The Morgan fingerprint density at radius 2 is 1.39 bits per heavy atom. The second-order valence-electron chi connectivity index (χ2n) is 17.8. The summed E-state index contributed by atoms with van der Waals surface area (Å²) in [6.45, 7) is 5.84. The molecule has 3 aromatic rings. The SMILES string of the molecule is CC(=O)N1CC(OCCCCc2ccccc2)CC1C(=O)NC(CC(C)C)C(=O)NC(Cc1cnc[nH]1)C(=O)NC(CO)C(=O)NC(C(N)=O)C(C)OP(=O)(O)OCCCCCCc1ccccc1. The van der Waals surface area contributed by atoms with Crippen LogP contribution in [0, 0.1) is 5.92 Å². The minimum absolute atomic E-state index is 0.107. The Labute approximate surface area is 404 Å². The second-order valence-corrected chi connectivity index (χ2v) is 19.2. The highest BCUT2D eigenvalue weighted by atomic mass is 31.2. The van der Waals surface area contributed by atoms with E-state index < -0.39 is 86.4 Å². The number of H-pyrrole nitrogens is 1. The van der Waals surface area contributed by atoms with Crippen molar-refractivity contribution >= 4 is 43.3 Å². The molecule has 2 heterocycles. The first-order valence-electron chi connectivity index (χ1n) is 23.7. The Bertz CT molecular complexity index is 2120. The van der Waals surface area contributed by atoms with Crippen LogP contribution in [0.2, 0.25) is 0 Å². The van der Waals surface area contributed by atoms with Crippen molar-refractivity contribution in [2.24, 2.45) is 11.7 Å². The van der Waals surface area contributed by atoms with Crippen molar-refractivity contribution < 1.29 is 57.1 Å². The van der Waals surface area contributed by atoms with Crippen molar-refractivity contribution in [2.75, 3.05) is 26.4 Å². The number of ether oxygens (including phenoxy) is 1. The number of aryl methyl sites for hydroxylation is 2. The van der Waals surface area contributed by atoms with Crippen molar-refractivity contribution in [3.05, 3.63) is 90.0 Å². The predicted octanol–water partition coefficient (Wildman–Crippen LogP) is 2.77. The van der Waals surface area contributed by atoms with E-state index in [1.807, 2.05) is 62.4 Å². The van der Waals surface area contributed by atoms with Crippen molar-refractivity contribution in [1.29, 1.82) is 0 Å². The number of primary amides is 1. The van der Waals surface area contributed by atoms with Crippen LogP contribution >= 0.6 is 7.82 Å². The molecule has 1 fully saturated rings. The number of aromatic amines is 1. The number of likely N-dealkylation sites (tertiary alicyclic amines) is 1. The fraction of sp³-hybridized carbons (Fsp3) is 0.562. The van der Waals surface area contributed by atoms with Crippen LogP contribution in [0.5, 0.6) is 0 Å². The zero-order valence-electron chi connectivity index (χ0n) is 40.0. The van der Waals surface area contributed by atoms with E-state index >= 15 is 0 Å². The average molecular weight is 983 g/mol. The van der Waals surface area contributed by atoms with Gasteiger partial charge in [0.25, 0.3) is 0 Å². The lowest BCUT2D eigenvalue weighted by molar-refractivity contribution is -0.139. The number of amides is 6. The molecule has 1 aliphatic heterocycles. The lowest BCUT2D eigenvalue weighted by Gasteiger charge is -2.28. The molecule has 8 atom stereocenters. The number of aliphatic hydroxyl groups is 1. The van der Waals surface area contributed by atoms with E-state index in [9.17, 15) is 43.3 Å². The highest BCUT2D eigenvalue weighted by Gasteiger charge is 2.41. The Hall–Kier alpha value is -5.50. The van der Waals surface area contributed by atoms with Crippen LogP contribution in [0.4, 0.5) is 0 Å². The van der Waals surface area contributed by atoms with E-state index in [0.717, 1.165) is 44.9 Å². The van der Waals surface area contributed by atoms with Gasteiger partial charge in [0.05, 0.1) is 31.7 Å². The number of aromatic nitrogens is 2. The van der Waals surface area contributed by atoms with Crippen LogP contribution in [0.3, 0.4) is 0 Å². The molecule has 9 N–H and O–H groups in total. The van der Waals surface area contributed by atoms with Crippen LogP contribution in [0.1, 0.15) is 95.9 Å². The predicted molar refractivity (Wildman–Crippen MR) is 256 cm³/mol.